The van der Waals surface area contributed by atoms with E-state index in [-0.39, 0.29) is 33.6 Å². The maximum absolute atomic E-state index is 15.1. The Kier molecular flexibility index (Phi) is 19.9. The Morgan fingerprint density at radius 3 is 0.589 bits per heavy atom. The van der Waals surface area contributed by atoms with Gasteiger partial charge in [0.05, 0.1) is 33.6 Å². The fourth-order valence-corrected chi connectivity index (χ4v) is 72.4. The molecular weight excluding hydrogens is 1730 g/mol. The molecule has 0 atom stereocenters. The van der Waals surface area contributed by atoms with Gasteiger partial charge in [0.1, 0.15) is 0 Å². The van der Waals surface area contributed by atoms with Gasteiger partial charge < -0.3 is 57.6 Å². The Hall–Kier alpha value is -11.9. The van der Waals surface area contributed by atoms with E-state index in [1.165, 1.54) is 0 Å². The molecule has 0 N–H and O–H groups in total. The van der Waals surface area contributed by atoms with E-state index in [1.54, 1.807) is 84.9 Å². The Bertz CT molecular complexity index is 6010. The fraction of sp³-hybridized carbons (Fsp3) is 0.0213. The molecular formula is C94H70N2O18Si10. The van der Waals surface area contributed by atoms with E-state index in [0.717, 1.165) is 20.9 Å². The lowest BCUT2D eigenvalue weighted by molar-refractivity contribution is 0.0271. The molecule has 8 aliphatic rings. The third-order valence-corrected chi connectivity index (χ3v) is 65.5. The first-order chi connectivity index (χ1) is 60.4. The topological polar surface area (TPSA) is 204 Å². The summed E-state index contributed by atoms with van der Waals surface area (Å²) in [6, 6.07) is 118. The van der Waals surface area contributed by atoms with Gasteiger partial charge in [0.2, 0.25) is 0 Å². The summed E-state index contributed by atoms with van der Waals surface area (Å²) in [5.41, 5.74) is 3.97. The molecule has 0 saturated carbocycles. The van der Waals surface area contributed by atoms with Gasteiger partial charge in [-0.15, -0.1) is 0 Å². The minimum atomic E-state index is -5.62. The number of hydrogen-bond acceptors (Lipinski definition) is 18. The van der Waals surface area contributed by atoms with Crippen molar-refractivity contribution >= 4 is 174 Å². The molecule has 20 nitrogen and oxygen atoms in total. The maximum Gasteiger partial charge on any atom is 0.515 e. The largest absolute Gasteiger partial charge is 0.515 e. The second-order valence-corrected chi connectivity index (χ2v) is 60.3. The molecule has 604 valence electrons. The first-order valence-corrected chi connectivity index (χ1v) is 58.5. The van der Waals surface area contributed by atoms with Crippen molar-refractivity contribution in [3.8, 4) is 23.7 Å². The van der Waals surface area contributed by atoms with Crippen LogP contribution in [0, 0.1) is 23.7 Å². The smallest absolute Gasteiger partial charge is 0.387 e. The van der Waals surface area contributed by atoms with E-state index in [4.69, 9.17) is 57.6 Å². The molecule has 0 unspecified atom stereocenters. The van der Waals surface area contributed by atoms with Gasteiger partial charge in [-0.3, -0.25) is 19.2 Å². The summed E-state index contributed by atoms with van der Waals surface area (Å²) in [6.07, 6.45) is 0. The summed E-state index contributed by atoms with van der Waals surface area (Å²) in [5, 5.41) is 3.64. The van der Waals surface area contributed by atoms with Crippen LogP contribution in [-0.2, 0) is 57.6 Å². The van der Waals surface area contributed by atoms with Crippen LogP contribution in [0.1, 0.15) is 63.7 Å². The highest BCUT2D eigenvalue weighted by Gasteiger charge is 2.84. The van der Waals surface area contributed by atoms with Crippen molar-refractivity contribution in [1.29, 1.82) is 0 Å². The molecule has 0 radical (unpaired) electrons. The fourth-order valence-electron chi connectivity index (χ4n) is 16.4. The van der Waals surface area contributed by atoms with Crippen molar-refractivity contribution in [2.75, 3.05) is 9.80 Å². The minimum absolute atomic E-state index is 0.193. The summed E-state index contributed by atoms with van der Waals surface area (Å²) in [6.45, 7) is 3.74. The number of imide groups is 2. The van der Waals surface area contributed by atoms with E-state index in [9.17, 15) is 9.59 Å². The highest BCUT2D eigenvalue weighted by molar-refractivity contribution is 7.14. The number of amides is 4. The van der Waals surface area contributed by atoms with Crippen LogP contribution >= 0.6 is 0 Å². The van der Waals surface area contributed by atoms with Crippen LogP contribution in [0.3, 0.4) is 0 Å². The number of nitrogens with zero attached hydrogens (tertiary/aromatic N) is 2. The van der Waals surface area contributed by atoms with Gasteiger partial charge >= 0.3 is 87.6 Å². The predicted molar refractivity (Wildman–Crippen MR) is 485 cm³/mol. The molecule has 8 bridgehead atoms. The molecule has 0 aromatic heterocycles. The van der Waals surface area contributed by atoms with Gasteiger partial charge in [-0.2, -0.15) is 0 Å². The molecule has 4 amide bonds. The van der Waals surface area contributed by atoms with Crippen molar-refractivity contribution in [2.24, 2.45) is 0 Å². The summed E-state index contributed by atoms with van der Waals surface area (Å²) in [4.78, 5) is 62.3. The Morgan fingerprint density at radius 2 is 0.371 bits per heavy atom. The van der Waals surface area contributed by atoms with Crippen LogP contribution in [0.25, 0.3) is 0 Å². The molecule has 8 heterocycles. The zero-order valence-corrected chi connectivity index (χ0v) is 76.2. The van der Waals surface area contributed by atoms with Crippen molar-refractivity contribution in [3.63, 3.8) is 0 Å². The van der Waals surface area contributed by atoms with Crippen molar-refractivity contribution in [3.05, 3.63) is 433 Å². The zero-order chi connectivity index (χ0) is 84.0. The Morgan fingerprint density at radius 1 is 0.185 bits per heavy atom. The highest BCUT2D eigenvalue weighted by atomic mass is 28.6. The van der Waals surface area contributed by atoms with Crippen LogP contribution in [-0.4, -0.2) is 111 Å². The number of carbonyl (C=O) groups is 4. The molecule has 14 aromatic carbocycles. The molecule has 30 heteroatoms. The third kappa shape index (κ3) is 13.8. The molecule has 22 rings (SSSR count). The van der Waals surface area contributed by atoms with Crippen molar-refractivity contribution in [2.45, 2.75) is 13.1 Å². The van der Waals surface area contributed by atoms with Crippen LogP contribution in [0.4, 0.5) is 11.4 Å². The monoisotopic (exact) mass is 1790 g/mol. The lowest BCUT2D eigenvalue weighted by Crippen LogP contribution is -2.94. The third-order valence-electron chi connectivity index (χ3n) is 22.3. The average Bonchev–Trinajstić information content (AvgIpc) is 0.893. The first kappa shape index (κ1) is 79.3. The van der Waals surface area contributed by atoms with Gasteiger partial charge in [-0.1, -0.05) is 327 Å². The van der Waals surface area contributed by atoms with Gasteiger partial charge in [0.15, 0.2) is 0 Å². The number of anilines is 2. The predicted octanol–water partition coefficient (Wildman–Crippen LogP) is 9.41. The first-order valence-electron chi connectivity index (χ1n) is 40.1. The van der Waals surface area contributed by atoms with E-state index in [0.29, 0.717) is 63.0 Å². The lowest BCUT2D eigenvalue weighted by Gasteiger charge is -2.61. The van der Waals surface area contributed by atoms with Crippen molar-refractivity contribution in [1.82, 2.24) is 0 Å². The van der Waals surface area contributed by atoms with Crippen LogP contribution in [0.15, 0.2) is 388 Å². The van der Waals surface area contributed by atoms with Crippen LogP contribution < -0.4 is 61.7 Å². The normalized spacial score (nSPS) is 27.2. The molecule has 6 fully saturated rings. The number of fused-ring (bicyclic) bond motifs is 6. The van der Waals surface area contributed by atoms with E-state index < -0.39 is 111 Å². The summed E-state index contributed by atoms with van der Waals surface area (Å²) < 4.78 is 122. The van der Waals surface area contributed by atoms with E-state index >= 15 is 9.59 Å². The SMILES string of the molecule is C[Si]1(c2ccc(N3C(=O)c4ccc(C#Cc5ccccc5)cc4C3=O)cc2)O[Si]2(c3ccccc3)O[Si]3(c4ccccc4)O[Si]4(c5ccccc5)O[Si](C)(c5ccc(N6C(=O)c7ccc(C#Cc8ccccc8)cc7C6=O)cc5)O[Si]5(c6ccccc6)O[Si](c6ccccc6)(O[Si](c6ccccc6)(O1)O[Si](c1ccccc1)(O5)O[Si](c1ccccc1)(O2)O4)O3. The van der Waals surface area contributed by atoms with Crippen LogP contribution in [0.2, 0.25) is 13.1 Å². The van der Waals surface area contributed by atoms with E-state index in [1.807, 2.05) is 316 Å². The van der Waals surface area contributed by atoms with Crippen molar-refractivity contribution < 1.29 is 76.8 Å². The number of hydrogen-bond donors (Lipinski definition) is 0. The van der Waals surface area contributed by atoms with Crippen LogP contribution in [0.5, 0.6) is 0 Å². The summed E-state index contributed by atoms with van der Waals surface area (Å²) in [7, 11) is -54.2. The van der Waals surface area contributed by atoms with Gasteiger partial charge in [0, 0.05) is 63.7 Å². The molecule has 0 aliphatic carbocycles. The quantitative estimate of drug-likeness (QED) is 0.0635. The Labute approximate surface area is 725 Å². The maximum atomic E-state index is 15.1. The number of benzene rings is 14. The lowest BCUT2D eigenvalue weighted by atomic mass is 10.1. The number of rotatable bonds is 12. The molecule has 6 saturated heterocycles. The highest BCUT2D eigenvalue weighted by Crippen LogP contribution is 2.48. The molecule has 0 spiro atoms. The minimum Gasteiger partial charge on any atom is -0.387 e. The zero-order valence-electron chi connectivity index (χ0n) is 66.2. The molecule has 124 heavy (non-hydrogen) atoms. The Balaban J connectivity index is 0.847. The summed E-state index contributed by atoms with van der Waals surface area (Å²) >= 11 is 0. The molecule has 8 aliphatic heterocycles. The molecule has 14 aromatic rings. The number of carbonyl (C=O) groups excluding carboxylic acids is 4. The second kappa shape index (κ2) is 31.1. The van der Waals surface area contributed by atoms with E-state index in [2.05, 4.69) is 23.7 Å². The second-order valence-electron chi connectivity index (χ2n) is 30.4. The van der Waals surface area contributed by atoms with Gasteiger partial charge in [-0.05, 0) is 108 Å². The summed E-state index contributed by atoms with van der Waals surface area (Å²) in [5.74, 6) is 10.5. The average molecular weight is 1800 g/mol. The standard InChI is InChI=1S/C94H70N2O18Si10/c1-115(77-63-59-75(60-64-77)95-91(97)87-67-57-73(69-89(87)93(95)99)55-53-71-33-13-3-14-34-71)101-117(79-37-17-5-18-38-79)105-121(83-45-25-9-26-46-83)109-119(81-41-21-7-22-42-81)103-116(2,78-65-61-76(62-66-78)96-92(98)88-68-58-74(70-90(88)94(96)100)56-54-72-35-15-4-16-36-72)104-120(82-43-23-8-24-44-82)111-123(113-121,85-49-29-11-30-50-85)107-118(102-115,80-39-19-6-20-40-80)108-124(112-120,86-51-31-12-32-52-86)114-122(106-117,110-119)84-47-27-10-28-48-84/h3-52,57-70H,1-2H3. The van der Waals surface area contributed by atoms with Gasteiger partial charge in [-0.25, -0.2) is 9.80 Å². The van der Waals surface area contributed by atoms with Gasteiger partial charge in [0.25, 0.3) is 23.6 Å².